The summed E-state index contributed by atoms with van der Waals surface area (Å²) >= 11 is 0. The molecule has 1 fully saturated rings. The number of nitrogens with zero attached hydrogens (tertiary/aromatic N) is 1. The SMILES string of the molecule is O=C(NCC(=O)N1CCCC1)N[C@H](Cc1c[nH]c2ccccc12)C(=O)O. The smallest absolute Gasteiger partial charge is 0.326 e. The van der Waals surface area contributed by atoms with Crippen LogP contribution in [0.25, 0.3) is 10.9 Å². The van der Waals surface area contributed by atoms with E-state index in [2.05, 4.69) is 15.6 Å². The molecule has 0 saturated carbocycles. The van der Waals surface area contributed by atoms with Crippen molar-refractivity contribution in [2.75, 3.05) is 19.6 Å². The lowest BCUT2D eigenvalue weighted by molar-refractivity contribution is -0.139. The molecule has 1 aliphatic heterocycles. The fraction of sp³-hybridized carbons (Fsp3) is 0.389. The number of fused-ring (bicyclic) bond motifs is 1. The van der Waals surface area contributed by atoms with E-state index >= 15 is 0 Å². The maximum atomic E-state index is 12.0. The number of hydrogen-bond acceptors (Lipinski definition) is 3. The number of carboxylic acid groups (broad SMARTS) is 1. The number of carbonyl (C=O) groups is 3. The van der Waals surface area contributed by atoms with E-state index in [1.54, 1.807) is 11.1 Å². The average molecular weight is 358 g/mol. The number of H-pyrrole nitrogens is 1. The molecule has 0 bridgehead atoms. The Balaban J connectivity index is 1.57. The van der Waals surface area contributed by atoms with Gasteiger partial charge in [0.1, 0.15) is 6.04 Å². The lowest BCUT2D eigenvalue weighted by Gasteiger charge is -2.17. The van der Waals surface area contributed by atoms with E-state index < -0.39 is 18.0 Å². The number of rotatable bonds is 6. The third kappa shape index (κ3) is 4.14. The van der Waals surface area contributed by atoms with Gasteiger partial charge in [0.05, 0.1) is 6.54 Å². The van der Waals surface area contributed by atoms with Gasteiger partial charge in [-0.3, -0.25) is 4.79 Å². The summed E-state index contributed by atoms with van der Waals surface area (Å²) < 4.78 is 0. The summed E-state index contributed by atoms with van der Waals surface area (Å²) in [6.07, 6.45) is 3.84. The lowest BCUT2D eigenvalue weighted by atomic mass is 10.1. The molecular weight excluding hydrogens is 336 g/mol. The fourth-order valence-corrected chi connectivity index (χ4v) is 3.16. The monoisotopic (exact) mass is 358 g/mol. The van der Waals surface area contributed by atoms with Crippen LogP contribution >= 0.6 is 0 Å². The van der Waals surface area contributed by atoms with Gasteiger partial charge in [0, 0.05) is 36.6 Å². The largest absolute Gasteiger partial charge is 0.480 e. The molecule has 2 aromatic rings. The highest BCUT2D eigenvalue weighted by Crippen LogP contribution is 2.19. The van der Waals surface area contributed by atoms with Crippen LogP contribution in [0.1, 0.15) is 18.4 Å². The number of aromatic amines is 1. The summed E-state index contributed by atoms with van der Waals surface area (Å²) in [6.45, 7) is 1.28. The topological polar surface area (TPSA) is 115 Å². The van der Waals surface area contributed by atoms with E-state index in [0.717, 1.165) is 29.3 Å². The standard InChI is InChI=1S/C18H22N4O4/c23-16(22-7-3-4-8-22)11-20-18(26)21-15(17(24)25)9-12-10-19-14-6-2-1-5-13(12)14/h1-2,5-6,10,15,19H,3-4,7-9,11H2,(H,24,25)(H2,20,21,26)/t15-/m1/s1. The predicted molar refractivity (Wildman–Crippen MR) is 95.8 cm³/mol. The summed E-state index contributed by atoms with van der Waals surface area (Å²) in [5, 5.41) is 15.2. The Morgan fingerprint density at radius 3 is 2.65 bits per heavy atom. The van der Waals surface area contributed by atoms with E-state index in [-0.39, 0.29) is 18.9 Å². The highest BCUT2D eigenvalue weighted by atomic mass is 16.4. The first-order valence-electron chi connectivity index (χ1n) is 8.64. The maximum Gasteiger partial charge on any atom is 0.326 e. The number of carbonyl (C=O) groups excluding carboxylic acids is 2. The lowest BCUT2D eigenvalue weighted by Crippen LogP contribution is -2.49. The molecule has 1 aromatic carbocycles. The highest BCUT2D eigenvalue weighted by Gasteiger charge is 2.23. The quantitative estimate of drug-likeness (QED) is 0.619. The van der Waals surface area contributed by atoms with Crippen molar-refractivity contribution in [1.82, 2.24) is 20.5 Å². The van der Waals surface area contributed by atoms with Crippen LogP contribution < -0.4 is 10.6 Å². The molecule has 1 aromatic heterocycles. The van der Waals surface area contributed by atoms with E-state index in [4.69, 9.17) is 0 Å². The van der Waals surface area contributed by atoms with Crippen LogP contribution in [0.4, 0.5) is 4.79 Å². The van der Waals surface area contributed by atoms with Gasteiger partial charge in [0.2, 0.25) is 5.91 Å². The first-order chi connectivity index (χ1) is 12.5. The highest BCUT2D eigenvalue weighted by molar-refractivity contribution is 5.88. The van der Waals surface area contributed by atoms with Crippen molar-refractivity contribution in [3.05, 3.63) is 36.0 Å². The summed E-state index contributed by atoms with van der Waals surface area (Å²) in [5.74, 6) is -1.28. The van der Waals surface area contributed by atoms with Crippen LogP contribution in [0.3, 0.4) is 0 Å². The Labute approximate surface area is 150 Å². The summed E-state index contributed by atoms with van der Waals surface area (Å²) in [5.41, 5.74) is 1.72. The Bertz CT molecular complexity index is 810. The molecule has 0 aliphatic carbocycles. The molecule has 138 valence electrons. The Morgan fingerprint density at radius 2 is 1.92 bits per heavy atom. The van der Waals surface area contributed by atoms with Crippen molar-refractivity contribution in [1.29, 1.82) is 0 Å². The molecule has 4 N–H and O–H groups in total. The van der Waals surface area contributed by atoms with Gasteiger partial charge < -0.3 is 25.6 Å². The van der Waals surface area contributed by atoms with E-state index in [1.807, 2.05) is 24.3 Å². The molecule has 0 spiro atoms. The van der Waals surface area contributed by atoms with Crippen molar-refractivity contribution < 1.29 is 19.5 Å². The van der Waals surface area contributed by atoms with Gasteiger partial charge >= 0.3 is 12.0 Å². The minimum absolute atomic E-state index is 0.134. The van der Waals surface area contributed by atoms with E-state index in [0.29, 0.717) is 13.1 Å². The van der Waals surface area contributed by atoms with Gasteiger partial charge in [0.25, 0.3) is 0 Å². The Morgan fingerprint density at radius 1 is 1.19 bits per heavy atom. The second-order valence-electron chi connectivity index (χ2n) is 6.37. The van der Waals surface area contributed by atoms with Crippen LogP contribution in [0.5, 0.6) is 0 Å². The minimum Gasteiger partial charge on any atom is -0.480 e. The Hall–Kier alpha value is -3.03. The molecule has 3 rings (SSSR count). The molecular formula is C18H22N4O4. The second kappa shape index (κ2) is 7.90. The minimum atomic E-state index is -1.13. The number of aliphatic carboxylic acids is 1. The van der Waals surface area contributed by atoms with E-state index in [1.165, 1.54) is 0 Å². The van der Waals surface area contributed by atoms with Crippen LogP contribution in [-0.2, 0) is 16.0 Å². The van der Waals surface area contributed by atoms with Gasteiger partial charge in [0.15, 0.2) is 0 Å². The van der Waals surface area contributed by atoms with Gasteiger partial charge in [-0.15, -0.1) is 0 Å². The van der Waals surface area contributed by atoms with Crippen LogP contribution in [-0.4, -0.2) is 58.6 Å². The number of hydrogen-bond donors (Lipinski definition) is 4. The van der Waals surface area contributed by atoms with Crippen molar-refractivity contribution in [2.45, 2.75) is 25.3 Å². The molecule has 1 aliphatic rings. The molecule has 26 heavy (non-hydrogen) atoms. The van der Waals surface area contributed by atoms with Gasteiger partial charge in [-0.2, -0.15) is 0 Å². The first kappa shape index (κ1) is 17.8. The number of likely N-dealkylation sites (tertiary alicyclic amines) is 1. The van der Waals surface area contributed by atoms with Crippen LogP contribution in [0.15, 0.2) is 30.5 Å². The number of carboxylic acids is 1. The van der Waals surface area contributed by atoms with Crippen LogP contribution in [0.2, 0.25) is 0 Å². The van der Waals surface area contributed by atoms with Crippen molar-refractivity contribution in [3.8, 4) is 0 Å². The summed E-state index contributed by atoms with van der Waals surface area (Å²) in [6, 6.07) is 5.81. The molecule has 8 heteroatoms. The zero-order chi connectivity index (χ0) is 18.5. The number of urea groups is 1. The number of benzene rings is 1. The molecule has 0 unspecified atom stereocenters. The van der Waals surface area contributed by atoms with Crippen molar-refractivity contribution in [3.63, 3.8) is 0 Å². The van der Waals surface area contributed by atoms with Gasteiger partial charge in [-0.1, -0.05) is 18.2 Å². The normalized spacial score (nSPS) is 15.0. The number of nitrogens with one attached hydrogen (secondary N) is 3. The number of aromatic nitrogens is 1. The fourth-order valence-electron chi connectivity index (χ4n) is 3.16. The average Bonchev–Trinajstić information content (AvgIpc) is 3.29. The number of amides is 3. The number of para-hydroxylation sites is 1. The first-order valence-corrected chi connectivity index (χ1v) is 8.64. The van der Waals surface area contributed by atoms with Crippen molar-refractivity contribution >= 4 is 28.8 Å². The predicted octanol–water partition coefficient (Wildman–Crippen LogP) is 1.09. The van der Waals surface area contributed by atoms with E-state index in [9.17, 15) is 19.5 Å². The summed E-state index contributed by atoms with van der Waals surface area (Å²) in [7, 11) is 0. The molecule has 0 radical (unpaired) electrons. The van der Waals surface area contributed by atoms with Gasteiger partial charge in [-0.05, 0) is 24.5 Å². The molecule has 2 heterocycles. The summed E-state index contributed by atoms with van der Waals surface area (Å²) in [4.78, 5) is 40.2. The molecule has 1 saturated heterocycles. The zero-order valence-electron chi connectivity index (χ0n) is 14.3. The second-order valence-corrected chi connectivity index (χ2v) is 6.37. The van der Waals surface area contributed by atoms with Crippen molar-refractivity contribution in [2.24, 2.45) is 0 Å². The van der Waals surface area contributed by atoms with Gasteiger partial charge in [-0.25, -0.2) is 9.59 Å². The van der Waals surface area contributed by atoms with Crippen LogP contribution in [0, 0.1) is 0 Å². The third-order valence-electron chi connectivity index (χ3n) is 4.56. The maximum absolute atomic E-state index is 12.0. The Kier molecular flexibility index (Phi) is 5.40. The molecule has 8 nitrogen and oxygen atoms in total. The zero-order valence-corrected chi connectivity index (χ0v) is 14.3. The molecule has 1 atom stereocenters. The third-order valence-corrected chi connectivity index (χ3v) is 4.56. The molecule has 3 amide bonds.